The fourth-order valence-electron chi connectivity index (χ4n) is 0.892. The van der Waals surface area contributed by atoms with Crippen molar-refractivity contribution in [3.63, 3.8) is 0 Å². The van der Waals surface area contributed by atoms with Crippen LogP contribution >= 0.6 is 11.6 Å². The summed E-state index contributed by atoms with van der Waals surface area (Å²) in [6.07, 6.45) is -0.599. The van der Waals surface area contributed by atoms with Gasteiger partial charge in [0.05, 0.1) is 5.88 Å². The number of hydrogen-bond donors (Lipinski definition) is 0. The summed E-state index contributed by atoms with van der Waals surface area (Å²) in [6, 6.07) is 5.47. The Labute approximate surface area is 86.6 Å². The van der Waals surface area contributed by atoms with E-state index in [1.54, 1.807) is 6.92 Å². The fourth-order valence-corrected chi connectivity index (χ4v) is 1.11. The van der Waals surface area contributed by atoms with Gasteiger partial charge in [0.15, 0.2) is 11.9 Å². The van der Waals surface area contributed by atoms with Crippen molar-refractivity contribution in [2.75, 3.05) is 5.88 Å². The highest BCUT2D eigenvalue weighted by Crippen LogP contribution is 2.13. The average molecular weight is 217 g/mol. The van der Waals surface area contributed by atoms with Crippen molar-refractivity contribution in [2.24, 2.45) is 0 Å². The number of carbonyl (C=O) groups is 1. The normalized spacial score (nSPS) is 12.2. The summed E-state index contributed by atoms with van der Waals surface area (Å²) in [7, 11) is 0. The van der Waals surface area contributed by atoms with Gasteiger partial charge in [-0.2, -0.15) is 0 Å². The Morgan fingerprint density at radius 1 is 1.50 bits per heavy atom. The lowest BCUT2D eigenvalue weighted by molar-refractivity contribution is -0.122. The average Bonchev–Trinajstić information content (AvgIpc) is 2.20. The van der Waals surface area contributed by atoms with Crippen LogP contribution in [0.2, 0.25) is 0 Å². The Kier molecular flexibility index (Phi) is 3.89. The fraction of sp³-hybridized carbons (Fsp3) is 0.300. The molecule has 1 aromatic rings. The van der Waals surface area contributed by atoms with Crippen LogP contribution in [0.3, 0.4) is 0 Å². The zero-order valence-electron chi connectivity index (χ0n) is 7.67. The zero-order chi connectivity index (χ0) is 10.6. The van der Waals surface area contributed by atoms with Gasteiger partial charge in [0.1, 0.15) is 11.6 Å². The maximum atomic E-state index is 12.5. The van der Waals surface area contributed by atoms with Crippen molar-refractivity contribution >= 4 is 17.4 Å². The van der Waals surface area contributed by atoms with E-state index >= 15 is 0 Å². The molecule has 0 aliphatic rings. The minimum Gasteiger partial charge on any atom is -0.483 e. The number of benzene rings is 1. The van der Waals surface area contributed by atoms with Gasteiger partial charge in [-0.05, 0) is 31.2 Å². The van der Waals surface area contributed by atoms with E-state index in [4.69, 9.17) is 16.3 Å². The van der Waals surface area contributed by atoms with E-state index in [1.807, 2.05) is 0 Å². The largest absolute Gasteiger partial charge is 0.483 e. The Hall–Kier alpha value is -1.09. The molecule has 0 aliphatic heterocycles. The molecule has 0 radical (unpaired) electrons. The number of alkyl halides is 1. The Morgan fingerprint density at radius 3 is 2.57 bits per heavy atom. The third-order valence-corrected chi connectivity index (χ3v) is 1.98. The summed E-state index contributed by atoms with van der Waals surface area (Å²) in [4.78, 5) is 11.1. The van der Waals surface area contributed by atoms with Crippen LogP contribution in [0.25, 0.3) is 0 Å². The number of hydrogen-bond acceptors (Lipinski definition) is 2. The molecule has 4 heteroatoms. The van der Waals surface area contributed by atoms with Gasteiger partial charge in [-0.1, -0.05) is 0 Å². The van der Waals surface area contributed by atoms with E-state index in [0.29, 0.717) is 5.75 Å². The van der Waals surface area contributed by atoms with E-state index in [0.717, 1.165) is 0 Å². The van der Waals surface area contributed by atoms with Gasteiger partial charge < -0.3 is 4.74 Å². The molecule has 1 unspecified atom stereocenters. The van der Waals surface area contributed by atoms with E-state index in [9.17, 15) is 9.18 Å². The van der Waals surface area contributed by atoms with Crippen molar-refractivity contribution in [3.8, 4) is 5.75 Å². The monoisotopic (exact) mass is 216 g/mol. The van der Waals surface area contributed by atoms with Gasteiger partial charge >= 0.3 is 0 Å². The summed E-state index contributed by atoms with van der Waals surface area (Å²) in [5, 5.41) is 0. The summed E-state index contributed by atoms with van der Waals surface area (Å²) in [6.45, 7) is 1.61. The number of Topliss-reactive ketones (excluding diaryl/α,β-unsaturated/α-hetero) is 1. The predicted molar refractivity (Wildman–Crippen MR) is 52.2 cm³/mol. The van der Waals surface area contributed by atoms with E-state index < -0.39 is 6.10 Å². The summed E-state index contributed by atoms with van der Waals surface area (Å²) in [5.74, 6) is -0.162. The molecule has 0 saturated carbocycles. The predicted octanol–water partition coefficient (Wildman–Crippen LogP) is 2.40. The van der Waals surface area contributed by atoms with Crippen LogP contribution in [0.15, 0.2) is 24.3 Å². The highest BCUT2D eigenvalue weighted by Gasteiger charge is 2.12. The van der Waals surface area contributed by atoms with Crippen molar-refractivity contribution in [1.82, 2.24) is 0 Å². The smallest absolute Gasteiger partial charge is 0.187 e. The molecule has 1 atom stereocenters. The minimum absolute atomic E-state index is 0.0810. The van der Waals surface area contributed by atoms with Gasteiger partial charge in [-0.3, -0.25) is 4.79 Å². The number of ether oxygens (including phenoxy) is 1. The second-order valence-electron chi connectivity index (χ2n) is 2.81. The van der Waals surface area contributed by atoms with Crippen LogP contribution in [0, 0.1) is 5.82 Å². The van der Waals surface area contributed by atoms with E-state index in [1.165, 1.54) is 24.3 Å². The van der Waals surface area contributed by atoms with Gasteiger partial charge in [0.25, 0.3) is 0 Å². The van der Waals surface area contributed by atoms with Crippen LogP contribution in [0.1, 0.15) is 6.92 Å². The quantitative estimate of drug-likeness (QED) is 0.723. The number of halogens is 2. The molecule has 0 spiro atoms. The molecule has 76 valence electrons. The Morgan fingerprint density at radius 2 is 2.07 bits per heavy atom. The number of carbonyl (C=O) groups excluding carboxylic acids is 1. The molecule has 2 nitrogen and oxygen atoms in total. The molecule has 1 aromatic carbocycles. The molecule has 0 aliphatic carbocycles. The molecule has 0 fully saturated rings. The maximum absolute atomic E-state index is 12.5. The second kappa shape index (κ2) is 4.96. The number of rotatable bonds is 4. The third kappa shape index (κ3) is 3.00. The first-order chi connectivity index (χ1) is 6.63. The molecule has 0 bridgehead atoms. The van der Waals surface area contributed by atoms with Crippen LogP contribution in [-0.4, -0.2) is 17.8 Å². The lowest BCUT2D eigenvalue weighted by atomic mass is 10.3. The maximum Gasteiger partial charge on any atom is 0.187 e. The van der Waals surface area contributed by atoms with Crippen LogP contribution in [-0.2, 0) is 4.79 Å². The Bertz CT molecular complexity index is 310. The molecule has 0 saturated heterocycles. The summed E-state index contributed by atoms with van der Waals surface area (Å²) >= 11 is 5.35. The zero-order valence-corrected chi connectivity index (χ0v) is 8.42. The molecule has 0 heterocycles. The summed E-state index contributed by atoms with van der Waals surface area (Å²) < 4.78 is 17.7. The van der Waals surface area contributed by atoms with Crippen molar-refractivity contribution in [3.05, 3.63) is 30.1 Å². The van der Waals surface area contributed by atoms with Crippen molar-refractivity contribution in [2.45, 2.75) is 13.0 Å². The molecule has 1 rings (SSSR count). The van der Waals surface area contributed by atoms with Crippen LogP contribution < -0.4 is 4.74 Å². The van der Waals surface area contributed by atoms with Crippen molar-refractivity contribution in [1.29, 1.82) is 0 Å². The lowest BCUT2D eigenvalue weighted by Gasteiger charge is -2.11. The SMILES string of the molecule is CC(Oc1ccc(F)cc1)C(=O)CCl. The van der Waals surface area contributed by atoms with Crippen LogP contribution in [0.4, 0.5) is 4.39 Å². The minimum atomic E-state index is -0.599. The topological polar surface area (TPSA) is 26.3 Å². The first-order valence-corrected chi connectivity index (χ1v) is 4.68. The summed E-state index contributed by atoms with van der Waals surface area (Å²) in [5.41, 5.74) is 0. The molecular formula is C10H10ClFO2. The highest BCUT2D eigenvalue weighted by molar-refractivity contribution is 6.28. The molecular weight excluding hydrogens is 207 g/mol. The Balaban J connectivity index is 2.60. The van der Waals surface area contributed by atoms with Crippen molar-refractivity contribution < 1.29 is 13.9 Å². The molecule has 14 heavy (non-hydrogen) atoms. The van der Waals surface area contributed by atoms with E-state index in [2.05, 4.69) is 0 Å². The number of ketones is 1. The highest BCUT2D eigenvalue weighted by atomic mass is 35.5. The first kappa shape index (κ1) is 11.0. The standard InChI is InChI=1S/C10H10ClFO2/c1-7(10(13)6-11)14-9-4-2-8(12)3-5-9/h2-5,7H,6H2,1H3. The van der Waals surface area contributed by atoms with Gasteiger partial charge in [0.2, 0.25) is 0 Å². The second-order valence-corrected chi connectivity index (χ2v) is 3.08. The molecule has 0 aromatic heterocycles. The van der Waals surface area contributed by atoms with Crippen LogP contribution in [0.5, 0.6) is 5.75 Å². The molecule has 0 N–H and O–H groups in total. The van der Waals surface area contributed by atoms with Gasteiger partial charge in [-0.15, -0.1) is 11.6 Å². The first-order valence-electron chi connectivity index (χ1n) is 4.14. The van der Waals surface area contributed by atoms with Gasteiger partial charge in [-0.25, -0.2) is 4.39 Å². The molecule has 0 amide bonds. The third-order valence-electron chi connectivity index (χ3n) is 1.71. The van der Waals surface area contributed by atoms with E-state index in [-0.39, 0.29) is 17.5 Å². The van der Waals surface area contributed by atoms with Gasteiger partial charge in [0, 0.05) is 0 Å². The lowest BCUT2D eigenvalue weighted by Crippen LogP contribution is -2.24.